The van der Waals surface area contributed by atoms with Gasteiger partial charge in [-0.25, -0.2) is 0 Å². The van der Waals surface area contributed by atoms with E-state index in [1.165, 1.54) is 0 Å². The fourth-order valence-corrected chi connectivity index (χ4v) is 1.72. The molecule has 2 unspecified atom stereocenters. The molecule has 0 radical (unpaired) electrons. The van der Waals surface area contributed by atoms with E-state index in [-0.39, 0.29) is 17.0 Å². The summed E-state index contributed by atoms with van der Waals surface area (Å²) in [7, 11) is 0. The molecule has 76 valence electrons. The number of hydrogen-bond acceptors (Lipinski definition) is 2. The number of carbonyl (C=O) groups is 2. The fourth-order valence-electron chi connectivity index (χ4n) is 1.72. The molecule has 0 aromatic heterocycles. The monoisotopic (exact) mass is 252 g/mol. The smallest absolute Gasteiger partial charge is 0.307 e. The Morgan fingerprint density at radius 3 is 1.46 bits per heavy atom. The van der Waals surface area contributed by atoms with Crippen LogP contribution in [-0.4, -0.2) is 22.2 Å². The summed E-state index contributed by atoms with van der Waals surface area (Å²) in [6.45, 7) is 0. The van der Waals surface area contributed by atoms with E-state index in [2.05, 4.69) is 0 Å². The lowest BCUT2D eigenvalue weighted by atomic mass is 9.79. The second kappa shape index (κ2) is 5.21. The summed E-state index contributed by atoms with van der Waals surface area (Å²) >= 11 is 0. The van der Waals surface area contributed by atoms with Gasteiger partial charge in [0, 0.05) is 0 Å². The summed E-state index contributed by atoms with van der Waals surface area (Å²) in [4.78, 5) is 21.2. The largest absolute Gasteiger partial charge is 0.481 e. The van der Waals surface area contributed by atoms with Crippen LogP contribution in [0.2, 0.25) is 0 Å². The second-order valence-electron chi connectivity index (χ2n) is 3.17. The first-order chi connectivity index (χ1) is 5.63. The molecule has 4 nitrogen and oxygen atoms in total. The molecule has 2 N–H and O–H groups in total. The highest BCUT2D eigenvalue weighted by Gasteiger charge is 2.35. The fraction of sp³-hybridized carbons (Fsp3) is 0.750. The van der Waals surface area contributed by atoms with E-state index in [1.807, 2.05) is 0 Å². The van der Waals surface area contributed by atoms with Gasteiger partial charge < -0.3 is 10.2 Å². The Labute approximate surface area is 86.7 Å². The lowest BCUT2D eigenvalue weighted by Gasteiger charge is -2.24. The molecule has 0 aliphatic heterocycles. The van der Waals surface area contributed by atoms with Gasteiger partial charge in [-0.2, -0.15) is 0 Å². The summed E-state index contributed by atoms with van der Waals surface area (Å²) in [6.07, 6.45) is 2.68. The Morgan fingerprint density at radius 2 is 1.23 bits per heavy atom. The maximum Gasteiger partial charge on any atom is 0.307 e. The molecule has 0 saturated heterocycles. The van der Waals surface area contributed by atoms with Crippen LogP contribution in [0.15, 0.2) is 0 Å². The molecular weight excluding hydrogens is 240 g/mol. The molecule has 1 aliphatic carbocycles. The van der Waals surface area contributed by atoms with E-state index < -0.39 is 23.8 Å². The Bertz CT molecular complexity index is 182. The van der Waals surface area contributed by atoms with Crippen LogP contribution in [0.3, 0.4) is 0 Å². The van der Waals surface area contributed by atoms with Gasteiger partial charge in [-0.1, -0.05) is 12.8 Å². The van der Waals surface area contributed by atoms with Crippen LogP contribution in [0.5, 0.6) is 0 Å². The number of hydrogen-bond donors (Lipinski definition) is 2. The van der Waals surface area contributed by atoms with Crippen LogP contribution in [0.1, 0.15) is 25.7 Å². The van der Waals surface area contributed by atoms with E-state index in [1.54, 1.807) is 0 Å². The molecule has 1 saturated carbocycles. The zero-order chi connectivity index (χ0) is 9.14. The minimum absolute atomic E-state index is 0. The highest BCUT2D eigenvalue weighted by Crippen LogP contribution is 2.30. The molecule has 13 heavy (non-hydrogen) atoms. The lowest BCUT2D eigenvalue weighted by molar-refractivity contribution is -0.155. The van der Waals surface area contributed by atoms with Crippen molar-refractivity contribution < 1.29 is 19.8 Å². The molecule has 0 aromatic rings. The third-order valence-electron chi connectivity index (χ3n) is 2.40. The number of carboxylic acid groups (broad SMARTS) is 2. The highest BCUT2D eigenvalue weighted by molar-refractivity contribution is 8.93. The first-order valence-electron chi connectivity index (χ1n) is 4.08. The summed E-state index contributed by atoms with van der Waals surface area (Å²) in [5, 5.41) is 17.4. The molecule has 1 fully saturated rings. The second-order valence-corrected chi connectivity index (χ2v) is 3.17. The van der Waals surface area contributed by atoms with Gasteiger partial charge in [0.15, 0.2) is 0 Å². The van der Waals surface area contributed by atoms with Crippen LogP contribution < -0.4 is 0 Å². The van der Waals surface area contributed by atoms with E-state index in [9.17, 15) is 9.59 Å². The molecule has 5 heteroatoms. The Morgan fingerprint density at radius 1 is 0.923 bits per heavy atom. The van der Waals surface area contributed by atoms with Crippen LogP contribution in [-0.2, 0) is 9.59 Å². The standard InChI is InChI=1S/C8H12O4.BrH/c9-7(10)5-3-1-2-4-6(5)8(11)12;/h5-6H,1-4H2,(H,9,10)(H,11,12);1H. The van der Waals surface area contributed by atoms with E-state index in [4.69, 9.17) is 10.2 Å². The van der Waals surface area contributed by atoms with Gasteiger partial charge in [-0.05, 0) is 12.8 Å². The van der Waals surface area contributed by atoms with E-state index in [0.29, 0.717) is 12.8 Å². The SMILES string of the molecule is Br.O=C(O)C1CCCCC1C(=O)O. The Kier molecular flexibility index (Phi) is 4.98. The maximum atomic E-state index is 10.6. The van der Waals surface area contributed by atoms with E-state index in [0.717, 1.165) is 12.8 Å². The van der Waals surface area contributed by atoms with Crippen molar-refractivity contribution in [3.8, 4) is 0 Å². The quantitative estimate of drug-likeness (QED) is 0.782. The highest BCUT2D eigenvalue weighted by atomic mass is 79.9. The van der Waals surface area contributed by atoms with Crippen molar-refractivity contribution in [3.05, 3.63) is 0 Å². The zero-order valence-corrected chi connectivity index (χ0v) is 8.82. The molecule has 0 bridgehead atoms. The minimum Gasteiger partial charge on any atom is -0.481 e. The van der Waals surface area contributed by atoms with Crippen molar-refractivity contribution in [2.24, 2.45) is 11.8 Å². The third-order valence-corrected chi connectivity index (χ3v) is 2.40. The zero-order valence-electron chi connectivity index (χ0n) is 7.10. The molecule has 0 amide bonds. The minimum atomic E-state index is -0.970. The summed E-state index contributed by atoms with van der Waals surface area (Å²) in [5.41, 5.74) is 0. The molecule has 0 aromatic carbocycles. The van der Waals surface area contributed by atoms with Crippen molar-refractivity contribution in [2.45, 2.75) is 25.7 Å². The van der Waals surface area contributed by atoms with Gasteiger partial charge in [0.1, 0.15) is 0 Å². The van der Waals surface area contributed by atoms with Crippen molar-refractivity contribution in [1.29, 1.82) is 0 Å². The van der Waals surface area contributed by atoms with Crippen molar-refractivity contribution in [2.75, 3.05) is 0 Å². The first kappa shape index (κ1) is 12.4. The van der Waals surface area contributed by atoms with Crippen LogP contribution in [0.25, 0.3) is 0 Å². The van der Waals surface area contributed by atoms with Crippen LogP contribution >= 0.6 is 17.0 Å². The molecule has 0 spiro atoms. The van der Waals surface area contributed by atoms with Crippen molar-refractivity contribution in [1.82, 2.24) is 0 Å². The predicted octanol–water partition coefficient (Wildman–Crippen LogP) is 1.54. The molecular formula is C8H13BrO4. The maximum absolute atomic E-state index is 10.6. The van der Waals surface area contributed by atoms with Crippen molar-refractivity contribution in [3.63, 3.8) is 0 Å². The van der Waals surface area contributed by atoms with Gasteiger partial charge >= 0.3 is 11.9 Å². The van der Waals surface area contributed by atoms with Crippen LogP contribution in [0, 0.1) is 11.8 Å². The topological polar surface area (TPSA) is 74.6 Å². The predicted molar refractivity (Wildman–Crippen MR) is 51.0 cm³/mol. The summed E-state index contributed by atoms with van der Waals surface area (Å²) < 4.78 is 0. The average molecular weight is 253 g/mol. The third kappa shape index (κ3) is 2.99. The first-order valence-corrected chi connectivity index (χ1v) is 4.08. The van der Waals surface area contributed by atoms with Gasteiger partial charge in [-0.3, -0.25) is 9.59 Å². The van der Waals surface area contributed by atoms with Crippen LogP contribution in [0.4, 0.5) is 0 Å². The molecule has 0 heterocycles. The number of aliphatic carboxylic acids is 2. The van der Waals surface area contributed by atoms with Gasteiger partial charge in [0.2, 0.25) is 0 Å². The summed E-state index contributed by atoms with van der Waals surface area (Å²) in [6, 6.07) is 0. The van der Waals surface area contributed by atoms with Gasteiger partial charge in [0.25, 0.3) is 0 Å². The number of rotatable bonds is 2. The number of halogens is 1. The normalized spacial score (nSPS) is 27.4. The van der Waals surface area contributed by atoms with Gasteiger partial charge in [-0.15, -0.1) is 17.0 Å². The number of carboxylic acids is 2. The Balaban J connectivity index is 0.00000144. The molecule has 1 rings (SSSR count). The average Bonchev–Trinajstić information content (AvgIpc) is 2.04. The Hall–Kier alpha value is -0.580. The van der Waals surface area contributed by atoms with Gasteiger partial charge in [0.05, 0.1) is 11.8 Å². The molecule has 2 atom stereocenters. The van der Waals surface area contributed by atoms with E-state index >= 15 is 0 Å². The molecule has 1 aliphatic rings. The lowest BCUT2D eigenvalue weighted by Crippen LogP contribution is -2.32. The van der Waals surface area contributed by atoms with Crippen molar-refractivity contribution >= 4 is 28.9 Å². The summed E-state index contributed by atoms with van der Waals surface area (Å²) in [5.74, 6) is -3.28.